The lowest BCUT2D eigenvalue weighted by molar-refractivity contribution is -0.185. The molecule has 0 atom stereocenters. The Morgan fingerprint density at radius 1 is 1.38 bits per heavy atom. The first-order valence-electron chi connectivity index (χ1n) is 5.72. The predicted octanol–water partition coefficient (Wildman–Crippen LogP) is 1.98. The molecule has 1 heterocycles. The third-order valence-electron chi connectivity index (χ3n) is 3.06. The van der Waals surface area contributed by atoms with Gasteiger partial charge in [-0.05, 0) is 20.3 Å². The van der Waals surface area contributed by atoms with E-state index >= 15 is 0 Å². The second kappa shape index (κ2) is 5.15. The second-order valence-corrected chi connectivity index (χ2v) is 5.44. The van der Waals surface area contributed by atoms with E-state index in [2.05, 4.69) is 0 Å². The van der Waals surface area contributed by atoms with Crippen molar-refractivity contribution < 1.29 is 19.0 Å². The van der Waals surface area contributed by atoms with E-state index < -0.39 is 5.41 Å². The van der Waals surface area contributed by atoms with Crippen molar-refractivity contribution in [3.05, 3.63) is 0 Å². The van der Waals surface area contributed by atoms with Crippen LogP contribution in [0.4, 0.5) is 0 Å². The van der Waals surface area contributed by atoms with E-state index in [1.165, 1.54) is 0 Å². The van der Waals surface area contributed by atoms with Crippen molar-refractivity contribution in [1.29, 1.82) is 0 Å². The van der Waals surface area contributed by atoms with Crippen molar-refractivity contribution in [2.75, 3.05) is 26.6 Å². The van der Waals surface area contributed by atoms with Crippen LogP contribution in [0, 0.1) is 10.8 Å². The molecule has 0 saturated carbocycles. The highest BCUT2D eigenvalue weighted by molar-refractivity contribution is 5.75. The lowest BCUT2D eigenvalue weighted by Gasteiger charge is -2.33. The summed E-state index contributed by atoms with van der Waals surface area (Å²) in [7, 11) is 0. The summed E-state index contributed by atoms with van der Waals surface area (Å²) in [6.45, 7) is 9.62. The largest absolute Gasteiger partial charge is 0.465 e. The maximum atomic E-state index is 11.8. The molecule has 94 valence electrons. The molecule has 1 rings (SSSR count). The van der Waals surface area contributed by atoms with Crippen LogP contribution in [0.1, 0.15) is 34.1 Å². The van der Waals surface area contributed by atoms with Crippen LogP contribution >= 0.6 is 0 Å². The smallest absolute Gasteiger partial charge is 0.311 e. The molecule has 0 aromatic rings. The number of hydrogen-bond acceptors (Lipinski definition) is 4. The molecule has 4 heteroatoms. The molecule has 0 bridgehead atoms. The zero-order valence-electron chi connectivity index (χ0n) is 10.7. The third-order valence-corrected chi connectivity index (χ3v) is 3.06. The van der Waals surface area contributed by atoms with Crippen LogP contribution in [0.15, 0.2) is 0 Å². The van der Waals surface area contributed by atoms with E-state index in [4.69, 9.17) is 14.2 Å². The molecule has 1 saturated heterocycles. The molecular formula is C12H22O4. The van der Waals surface area contributed by atoms with Gasteiger partial charge in [-0.25, -0.2) is 0 Å². The van der Waals surface area contributed by atoms with Gasteiger partial charge in [-0.2, -0.15) is 0 Å². The summed E-state index contributed by atoms with van der Waals surface area (Å²) in [6, 6.07) is 0. The van der Waals surface area contributed by atoms with Crippen molar-refractivity contribution in [2.24, 2.45) is 10.8 Å². The van der Waals surface area contributed by atoms with E-state index in [0.29, 0.717) is 26.6 Å². The minimum Gasteiger partial charge on any atom is -0.465 e. The zero-order valence-corrected chi connectivity index (χ0v) is 10.7. The van der Waals surface area contributed by atoms with Crippen molar-refractivity contribution in [3.8, 4) is 0 Å². The summed E-state index contributed by atoms with van der Waals surface area (Å²) < 4.78 is 15.8. The van der Waals surface area contributed by atoms with Crippen LogP contribution in [0.2, 0.25) is 0 Å². The predicted molar refractivity (Wildman–Crippen MR) is 59.9 cm³/mol. The second-order valence-electron chi connectivity index (χ2n) is 5.44. The van der Waals surface area contributed by atoms with Crippen LogP contribution in [0.3, 0.4) is 0 Å². The number of carbonyl (C=O) groups excluding carboxylic acids is 1. The number of hydrogen-bond donors (Lipinski definition) is 0. The van der Waals surface area contributed by atoms with Gasteiger partial charge in [0.05, 0.1) is 18.6 Å². The molecule has 0 aromatic carbocycles. The number of ether oxygens (including phenoxy) is 3. The minimum absolute atomic E-state index is 0.151. The van der Waals surface area contributed by atoms with Crippen molar-refractivity contribution in [3.63, 3.8) is 0 Å². The van der Waals surface area contributed by atoms with E-state index in [1.807, 2.05) is 27.7 Å². The van der Waals surface area contributed by atoms with E-state index in [0.717, 1.165) is 6.42 Å². The molecule has 16 heavy (non-hydrogen) atoms. The standard InChI is InChI=1S/C12H22O4/c1-5-11(2,3)10(13)16-8-12(4)6-14-9-15-7-12/h5-9H2,1-4H3. The van der Waals surface area contributed by atoms with Gasteiger partial charge in [-0.3, -0.25) is 4.79 Å². The minimum atomic E-state index is -0.410. The Morgan fingerprint density at radius 3 is 2.44 bits per heavy atom. The Kier molecular flexibility index (Phi) is 4.33. The van der Waals surface area contributed by atoms with E-state index in [1.54, 1.807) is 0 Å². The van der Waals surface area contributed by atoms with Gasteiger partial charge in [-0.1, -0.05) is 13.8 Å². The first kappa shape index (κ1) is 13.5. The molecular weight excluding hydrogens is 208 g/mol. The maximum Gasteiger partial charge on any atom is 0.311 e. The maximum absolute atomic E-state index is 11.8. The van der Waals surface area contributed by atoms with Gasteiger partial charge >= 0.3 is 5.97 Å². The van der Waals surface area contributed by atoms with Gasteiger partial charge in [0.15, 0.2) is 0 Å². The average molecular weight is 230 g/mol. The molecule has 0 N–H and O–H groups in total. The van der Waals surface area contributed by atoms with Crippen LogP contribution in [-0.2, 0) is 19.0 Å². The molecule has 4 nitrogen and oxygen atoms in total. The van der Waals surface area contributed by atoms with E-state index in [-0.39, 0.29) is 11.4 Å². The SMILES string of the molecule is CCC(C)(C)C(=O)OCC1(C)COCOC1. The van der Waals surface area contributed by atoms with E-state index in [9.17, 15) is 4.79 Å². The fourth-order valence-corrected chi connectivity index (χ4v) is 1.34. The van der Waals surface area contributed by atoms with Crippen LogP contribution in [0.25, 0.3) is 0 Å². The number of esters is 1. The Morgan fingerprint density at radius 2 is 1.94 bits per heavy atom. The highest BCUT2D eigenvalue weighted by Gasteiger charge is 2.33. The molecule has 1 fully saturated rings. The van der Waals surface area contributed by atoms with Gasteiger partial charge in [0.2, 0.25) is 0 Å². The summed E-state index contributed by atoms with van der Waals surface area (Å²) in [4.78, 5) is 11.8. The summed E-state index contributed by atoms with van der Waals surface area (Å²) in [6.07, 6.45) is 0.773. The quantitative estimate of drug-likeness (QED) is 0.693. The summed E-state index contributed by atoms with van der Waals surface area (Å²) >= 11 is 0. The highest BCUT2D eigenvalue weighted by Crippen LogP contribution is 2.25. The van der Waals surface area contributed by atoms with Gasteiger partial charge in [0, 0.05) is 5.41 Å². The van der Waals surface area contributed by atoms with Crippen LogP contribution < -0.4 is 0 Å². The van der Waals surface area contributed by atoms with Gasteiger partial charge in [0.1, 0.15) is 13.4 Å². The molecule has 0 aromatic heterocycles. The fourth-order valence-electron chi connectivity index (χ4n) is 1.34. The first-order valence-corrected chi connectivity index (χ1v) is 5.72. The molecule has 0 spiro atoms. The van der Waals surface area contributed by atoms with Gasteiger partial charge in [0.25, 0.3) is 0 Å². The number of carbonyl (C=O) groups is 1. The summed E-state index contributed by atoms with van der Waals surface area (Å²) in [5, 5.41) is 0. The Balaban J connectivity index is 2.41. The Labute approximate surface area is 97.2 Å². The van der Waals surface area contributed by atoms with Gasteiger partial charge < -0.3 is 14.2 Å². The molecule has 1 aliphatic heterocycles. The molecule has 0 aliphatic carbocycles. The molecule has 1 aliphatic rings. The monoisotopic (exact) mass is 230 g/mol. The molecule has 0 amide bonds. The lowest BCUT2D eigenvalue weighted by atomic mass is 9.90. The molecule has 0 unspecified atom stereocenters. The van der Waals surface area contributed by atoms with Crippen LogP contribution in [-0.4, -0.2) is 32.6 Å². The van der Waals surface area contributed by atoms with Crippen molar-refractivity contribution >= 4 is 5.97 Å². The Bertz CT molecular complexity index is 241. The van der Waals surface area contributed by atoms with Gasteiger partial charge in [-0.15, -0.1) is 0 Å². The number of rotatable bonds is 4. The summed E-state index contributed by atoms with van der Waals surface area (Å²) in [5.41, 5.74) is -0.621. The zero-order chi connectivity index (χ0) is 12.2. The topological polar surface area (TPSA) is 44.8 Å². The van der Waals surface area contributed by atoms with Crippen LogP contribution in [0.5, 0.6) is 0 Å². The molecule has 0 radical (unpaired) electrons. The third kappa shape index (κ3) is 3.46. The Hall–Kier alpha value is -0.610. The highest BCUT2D eigenvalue weighted by atomic mass is 16.7. The first-order chi connectivity index (χ1) is 7.40. The van der Waals surface area contributed by atoms with Crippen molar-refractivity contribution in [1.82, 2.24) is 0 Å². The summed E-state index contributed by atoms with van der Waals surface area (Å²) in [5.74, 6) is -0.151. The normalized spacial score (nSPS) is 20.5. The lowest BCUT2D eigenvalue weighted by Crippen LogP contribution is -2.40. The van der Waals surface area contributed by atoms with Crippen molar-refractivity contribution in [2.45, 2.75) is 34.1 Å². The fraction of sp³-hybridized carbons (Fsp3) is 0.917. The average Bonchev–Trinajstić information content (AvgIpc) is 2.27.